The van der Waals surface area contributed by atoms with Crippen LogP contribution in [-0.4, -0.2) is 43.9 Å². The van der Waals surface area contributed by atoms with E-state index in [1.807, 2.05) is 13.0 Å². The quantitative estimate of drug-likeness (QED) is 0.407. The average molecular weight is 464 g/mol. The zero-order chi connectivity index (χ0) is 22.8. The van der Waals surface area contributed by atoms with E-state index < -0.39 is 17.5 Å². The van der Waals surface area contributed by atoms with Crippen LogP contribution in [0.1, 0.15) is 41.4 Å². The largest absolute Gasteiger partial charge is 0.457 e. The molecule has 170 valence electrons. The molecule has 8 nitrogen and oxygen atoms in total. The van der Waals surface area contributed by atoms with Gasteiger partial charge >= 0.3 is 0 Å². The van der Waals surface area contributed by atoms with E-state index in [2.05, 4.69) is 15.1 Å². The van der Waals surface area contributed by atoms with E-state index >= 15 is 0 Å². The van der Waals surface area contributed by atoms with Crippen molar-refractivity contribution in [2.45, 2.75) is 42.8 Å². The fourth-order valence-corrected chi connectivity index (χ4v) is 4.55. The first-order valence-electron chi connectivity index (χ1n) is 10.3. The van der Waals surface area contributed by atoms with Crippen molar-refractivity contribution in [3.63, 3.8) is 0 Å². The SMILES string of the molecule is CCc1oc(-c2nnc(Sc3c(F)cc(C(=O)NO)cc3F)n2C)cc1CN1CCCC1. The number of aryl methyl sites for hydroxylation is 1. The smallest absolute Gasteiger partial charge is 0.274 e. The normalized spacial score (nSPS) is 14.3. The predicted octanol–water partition coefficient (Wildman–Crippen LogP) is 3.78. The number of furan rings is 1. The number of halogens is 2. The van der Waals surface area contributed by atoms with Gasteiger partial charge < -0.3 is 8.98 Å². The number of carbonyl (C=O) groups is 1. The lowest BCUT2D eigenvalue weighted by molar-refractivity contribution is 0.0705. The highest BCUT2D eigenvalue weighted by molar-refractivity contribution is 7.99. The molecule has 1 aliphatic rings. The molecule has 3 aromatic rings. The Morgan fingerprint density at radius 1 is 1.22 bits per heavy atom. The lowest BCUT2D eigenvalue weighted by Gasteiger charge is -2.13. The van der Waals surface area contributed by atoms with Gasteiger partial charge in [0.05, 0.1) is 4.90 Å². The first-order valence-corrected chi connectivity index (χ1v) is 11.1. The Morgan fingerprint density at radius 3 is 2.53 bits per heavy atom. The lowest BCUT2D eigenvalue weighted by Crippen LogP contribution is -2.19. The summed E-state index contributed by atoms with van der Waals surface area (Å²) in [6.45, 7) is 4.99. The van der Waals surface area contributed by atoms with Gasteiger partial charge in [-0.1, -0.05) is 6.92 Å². The molecule has 0 atom stereocenters. The van der Waals surface area contributed by atoms with E-state index in [9.17, 15) is 13.6 Å². The van der Waals surface area contributed by atoms with Crippen LogP contribution in [0.3, 0.4) is 0 Å². The Bertz CT molecular complexity index is 1120. The molecule has 0 radical (unpaired) electrons. The van der Waals surface area contributed by atoms with Crippen LogP contribution in [-0.2, 0) is 20.0 Å². The minimum absolute atomic E-state index is 0.257. The first kappa shape index (κ1) is 22.4. The summed E-state index contributed by atoms with van der Waals surface area (Å²) in [5, 5.41) is 17.1. The van der Waals surface area contributed by atoms with Crippen molar-refractivity contribution in [1.29, 1.82) is 0 Å². The summed E-state index contributed by atoms with van der Waals surface area (Å²) < 4.78 is 36.5. The molecule has 4 rings (SSSR count). The van der Waals surface area contributed by atoms with Crippen molar-refractivity contribution >= 4 is 17.7 Å². The number of nitrogens with one attached hydrogen (secondary N) is 1. The minimum atomic E-state index is -1.01. The second kappa shape index (κ2) is 9.39. The Balaban J connectivity index is 1.59. The number of amides is 1. The Hall–Kier alpha value is -2.76. The summed E-state index contributed by atoms with van der Waals surface area (Å²) in [5.74, 6) is -1.01. The molecule has 1 aliphatic heterocycles. The standard InChI is InChI=1S/C21H23F2N5O3S/c1-3-16-13(11-28-6-4-5-7-28)10-17(31-16)19-24-25-21(27(19)2)32-18-14(22)8-12(9-15(18)23)20(29)26-30/h8-10,30H,3-7,11H2,1-2H3,(H,26,29). The van der Waals surface area contributed by atoms with E-state index in [1.54, 1.807) is 11.6 Å². The van der Waals surface area contributed by atoms with Crippen LogP contribution in [0.25, 0.3) is 11.6 Å². The van der Waals surface area contributed by atoms with Crippen LogP contribution in [0.5, 0.6) is 0 Å². The van der Waals surface area contributed by atoms with Gasteiger partial charge in [0.1, 0.15) is 17.4 Å². The third kappa shape index (κ3) is 4.41. The number of hydrogen-bond acceptors (Lipinski definition) is 7. The zero-order valence-electron chi connectivity index (χ0n) is 17.7. The molecule has 32 heavy (non-hydrogen) atoms. The predicted molar refractivity (Wildman–Crippen MR) is 112 cm³/mol. The van der Waals surface area contributed by atoms with Gasteiger partial charge in [-0.3, -0.25) is 14.9 Å². The van der Waals surface area contributed by atoms with Crippen LogP contribution >= 0.6 is 11.8 Å². The third-order valence-electron chi connectivity index (χ3n) is 5.42. The van der Waals surface area contributed by atoms with Gasteiger partial charge in [0, 0.05) is 31.1 Å². The number of hydroxylamine groups is 1. The number of benzene rings is 1. The fourth-order valence-electron chi connectivity index (χ4n) is 3.75. The molecule has 2 N–H and O–H groups in total. The summed E-state index contributed by atoms with van der Waals surface area (Å²) in [4.78, 5) is 13.5. The molecule has 0 aliphatic carbocycles. The van der Waals surface area contributed by atoms with Gasteiger partial charge in [-0.05, 0) is 55.9 Å². The van der Waals surface area contributed by atoms with Crippen LogP contribution in [0.4, 0.5) is 8.78 Å². The highest BCUT2D eigenvalue weighted by atomic mass is 32.2. The second-order valence-corrected chi connectivity index (χ2v) is 8.55. The summed E-state index contributed by atoms with van der Waals surface area (Å²) in [5.41, 5.74) is 2.12. The number of aromatic nitrogens is 3. The summed E-state index contributed by atoms with van der Waals surface area (Å²) in [6, 6.07) is 3.65. The number of rotatable bonds is 7. The molecule has 2 aromatic heterocycles. The van der Waals surface area contributed by atoms with Crippen molar-refractivity contribution < 1.29 is 23.2 Å². The van der Waals surface area contributed by atoms with Crippen molar-refractivity contribution in [1.82, 2.24) is 25.1 Å². The van der Waals surface area contributed by atoms with E-state index in [-0.39, 0.29) is 15.6 Å². The summed E-state index contributed by atoms with van der Waals surface area (Å²) in [6.07, 6.45) is 3.15. The molecule has 1 amide bonds. The van der Waals surface area contributed by atoms with Crippen molar-refractivity contribution in [3.05, 3.63) is 46.7 Å². The van der Waals surface area contributed by atoms with Gasteiger partial charge in [-0.25, -0.2) is 14.3 Å². The molecule has 0 saturated carbocycles. The maximum absolute atomic E-state index is 14.4. The molecule has 1 fully saturated rings. The number of nitrogens with zero attached hydrogens (tertiary/aromatic N) is 4. The highest BCUT2D eigenvalue weighted by Gasteiger charge is 2.23. The monoisotopic (exact) mass is 463 g/mol. The van der Waals surface area contributed by atoms with Gasteiger partial charge in [0.15, 0.2) is 16.7 Å². The van der Waals surface area contributed by atoms with E-state index in [4.69, 9.17) is 9.62 Å². The van der Waals surface area contributed by atoms with Crippen molar-refractivity contribution in [3.8, 4) is 11.6 Å². The molecular weight excluding hydrogens is 440 g/mol. The second-order valence-electron chi connectivity index (χ2n) is 7.57. The minimum Gasteiger partial charge on any atom is -0.457 e. The topological polar surface area (TPSA) is 96.4 Å². The van der Waals surface area contributed by atoms with Gasteiger partial charge in [-0.15, -0.1) is 10.2 Å². The van der Waals surface area contributed by atoms with Crippen LogP contribution in [0.15, 0.2) is 32.7 Å². The third-order valence-corrected chi connectivity index (χ3v) is 6.55. The number of carbonyl (C=O) groups excluding carboxylic acids is 1. The van der Waals surface area contributed by atoms with Gasteiger partial charge in [-0.2, -0.15) is 0 Å². The van der Waals surface area contributed by atoms with Crippen LogP contribution in [0.2, 0.25) is 0 Å². The van der Waals surface area contributed by atoms with E-state index in [0.717, 1.165) is 61.3 Å². The Morgan fingerprint density at radius 2 is 1.91 bits per heavy atom. The zero-order valence-corrected chi connectivity index (χ0v) is 18.5. The van der Waals surface area contributed by atoms with Gasteiger partial charge in [0.2, 0.25) is 0 Å². The Labute approximate surface area is 187 Å². The van der Waals surface area contributed by atoms with Gasteiger partial charge in [0.25, 0.3) is 5.91 Å². The first-order chi connectivity index (χ1) is 15.4. The van der Waals surface area contributed by atoms with Crippen molar-refractivity contribution in [2.75, 3.05) is 13.1 Å². The Kier molecular flexibility index (Phi) is 6.58. The van der Waals surface area contributed by atoms with E-state index in [1.165, 1.54) is 18.3 Å². The van der Waals surface area contributed by atoms with Crippen molar-refractivity contribution in [2.24, 2.45) is 7.05 Å². The molecular formula is C21H23F2N5O3S. The average Bonchev–Trinajstić information content (AvgIpc) is 3.51. The summed E-state index contributed by atoms with van der Waals surface area (Å²) >= 11 is 0.749. The van der Waals surface area contributed by atoms with E-state index in [0.29, 0.717) is 11.6 Å². The molecule has 1 aromatic carbocycles. The molecule has 0 spiro atoms. The van der Waals surface area contributed by atoms with Crippen LogP contribution in [0, 0.1) is 11.6 Å². The summed E-state index contributed by atoms with van der Waals surface area (Å²) in [7, 11) is 1.69. The molecule has 0 unspecified atom stereocenters. The maximum atomic E-state index is 14.4. The number of hydrogen-bond donors (Lipinski definition) is 2. The maximum Gasteiger partial charge on any atom is 0.274 e. The highest BCUT2D eigenvalue weighted by Crippen LogP contribution is 2.34. The van der Waals surface area contributed by atoms with Crippen LogP contribution < -0.4 is 5.48 Å². The fraction of sp³-hybridized carbons (Fsp3) is 0.381. The number of likely N-dealkylation sites (tertiary alicyclic amines) is 1. The molecule has 3 heterocycles. The molecule has 0 bridgehead atoms. The molecule has 1 saturated heterocycles. The lowest BCUT2D eigenvalue weighted by atomic mass is 10.2. The molecule has 11 heteroatoms.